The Labute approximate surface area is 171 Å². The van der Waals surface area contributed by atoms with Crippen LogP contribution in [0.4, 0.5) is 4.39 Å². The second kappa shape index (κ2) is 8.79. The van der Waals surface area contributed by atoms with Crippen LogP contribution >= 0.6 is 11.8 Å². The van der Waals surface area contributed by atoms with E-state index in [2.05, 4.69) is 15.2 Å². The molecule has 144 valence electrons. The van der Waals surface area contributed by atoms with Gasteiger partial charge in [0.25, 0.3) is 0 Å². The topological polar surface area (TPSA) is 60.7 Å². The number of thioether (sulfide) groups is 1. The van der Waals surface area contributed by atoms with E-state index in [-0.39, 0.29) is 17.1 Å². The smallest absolute Gasteiger partial charge is 0.192 e. The second-order valence-electron chi connectivity index (χ2n) is 6.31. The lowest BCUT2D eigenvalue weighted by Gasteiger charge is -2.10. The highest BCUT2D eigenvalue weighted by atomic mass is 32.2. The third-order valence-electron chi connectivity index (χ3n) is 4.35. The highest BCUT2D eigenvalue weighted by molar-refractivity contribution is 7.99. The zero-order chi connectivity index (χ0) is 20.1. The van der Waals surface area contributed by atoms with Crippen LogP contribution in [0.5, 0.6) is 0 Å². The standard InChI is InChI=1S/C22H17FN4OS/c23-19-9-5-4-8-18(19)20(28)15-29-22-26-25-21(17-10-12-24-13-11-17)27(22)14-16-6-2-1-3-7-16/h1-13H,14-15H2. The van der Waals surface area contributed by atoms with Crippen molar-refractivity contribution in [2.24, 2.45) is 0 Å². The Bertz CT molecular complexity index is 1120. The van der Waals surface area contributed by atoms with E-state index in [0.717, 1.165) is 11.1 Å². The summed E-state index contributed by atoms with van der Waals surface area (Å²) in [6.07, 6.45) is 3.40. The molecule has 5 nitrogen and oxygen atoms in total. The fourth-order valence-electron chi connectivity index (χ4n) is 2.91. The first kappa shape index (κ1) is 19.0. The van der Waals surface area contributed by atoms with Crippen LogP contribution in [0.15, 0.2) is 84.3 Å². The summed E-state index contributed by atoms with van der Waals surface area (Å²) in [5, 5.41) is 9.22. The molecule has 0 atom stereocenters. The Hall–Kier alpha value is -3.32. The molecule has 0 saturated heterocycles. The molecule has 0 radical (unpaired) electrons. The molecule has 4 rings (SSSR count). The Morgan fingerprint density at radius 2 is 1.66 bits per heavy atom. The quantitative estimate of drug-likeness (QED) is 0.335. The molecule has 0 aliphatic heterocycles. The summed E-state index contributed by atoms with van der Waals surface area (Å²) in [5.41, 5.74) is 2.06. The average molecular weight is 404 g/mol. The number of carbonyl (C=O) groups is 1. The maximum absolute atomic E-state index is 13.9. The highest BCUT2D eigenvalue weighted by Gasteiger charge is 2.18. The van der Waals surface area contributed by atoms with Gasteiger partial charge in [-0.05, 0) is 29.8 Å². The minimum absolute atomic E-state index is 0.0736. The summed E-state index contributed by atoms with van der Waals surface area (Å²) in [5.74, 6) is -0.0317. The van der Waals surface area contributed by atoms with Crippen molar-refractivity contribution < 1.29 is 9.18 Å². The molecule has 0 bridgehead atoms. The lowest BCUT2D eigenvalue weighted by Crippen LogP contribution is -2.08. The number of ketones is 1. The molecule has 2 aromatic heterocycles. The molecule has 0 aliphatic rings. The van der Waals surface area contributed by atoms with Gasteiger partial charge in [0.15, 0.2) is 16.8 Å². The molecule has 2 aromatic carbocycles. The molecule has 4 aromatic rings. The van der Waals surface area contributed by atoms with Crippen LogP contribution in [0.3, 0.4) is 0 Å². The van der Waals surface area contributed by atoms with Crippen molar-refractivity contribution in [1.82, 2.24) is 19.7 Å². The van der Waals surface area contributed by atoms with Crippen molar-refractivity contribution in [2.45, 2.75) is 11.7 Å². The fourth-order valence-corrected chi connectivity index (χ4v) is 3.73. The van der Waals surface area contributed by atoms with Gasteiger partial charge < -0.3 is 0 Å². The number of rotatable bonds is 7. The van der Waals surface area contributed by atoms with E-state index in [1.165, 1.54) is 23.9 Å². The fraction of sp³-hybridized carbons (Fsp3) is 0.0909. The number of hydrogen-bond acceptors (Lipinski definition) is 5. The monoisotopic (exact) mass is 404 g/mol. The number of carbonyl (C=O) groups excluding carboxylic acids is 1. The van der Waals surface area contributed by atoms with E-state index in [4.69, 9.17) is 0 Å². The zero-order valence-corrected chi connectivity index (χ0v) is 16.2. The molecule has 0 unspecified atom stereocenters. The van der Waals surface area contributed by atoms with Gasteiger partial charge in [-0.2, -0.15) is 0 Å². The predicted octanol–water partition coefficient (Wildman–Crippen LogP) is 4.50. The first-order chi connectivity index (χ1) is 14.2. The van der Waals surface area contributed by atoms with Gasteiger partial charge in [0.05, 0.1) is 17.9 Å². The third-order valence-corrected chi connectivity index (χ3v) is 5.31. The van der Waals surface area contributed by atoms with Crippen LogP contribution in [0.25, 0.3) is 11.4 Å². The second-order valence-corrected chi connectivity index (χ2v) is 7.25. The van der Waals surface area contributed by atoms with Gasteiger partial charge in [-0.1, -0.05) is 54.2 Å². The van der Waals surface area contributed by atoms with E-state index in [1.807, 2.05) is 47.0 Å². The van der Waals surface area contributed by atoms with Gasteiger partial charge in [-0.3, -0.25) is 14.3 Å². The van der Waals surface area contributed by atoms with Gasteiger partial charge in [0.2, 0.25) is 0 Å². The molecular weight excluding hydrogens is 387 g/mol. The van der Waals surface area contributed by atoms with Crippen LogP contribution in [-0.4, -0.2) is 31.3 Å². The molecule has 29 heavy (non-hydrogen) atoms. The average Bonchev–Trinajstić information content (AvgIpc) is 3.16. The van der Waals surface area contributed by atoms with Gasteiger partial charge in [0, 0.05) is 18.0 Å². The Morgan fingerprint density at radius 1 is 0.931 bits per heavy atom. The van der Waals surface area contributed by atoms with Crippen molar-refractivity contribution in [1.29, 1.82) is 0 Å². The number of halogens is 1. The first-order valence-electron chi connectivity index (χ1n) is 9.00. The molecule has 0 saturated carbocycles. The maximum Gasteiger partial charge on any atom is 0.192 e. The van der Waals surface area contributed by atoms with E-state index in [1.54, 1.807) is 24.5 Å². The van der Waals surface area contributed by atoms with Gasteiger partial charge >= 0.3 is 0 Å². The molecule has 2 heterocycles. The number of nitrogens with zero attached hydrogens (tertiary/aromatic N) is 4. The molecular formula is C22H17FN4OS. The normalized spacial score (nSPS) is 10.8. The largest absolute Gasteiger partial charge is 0.298 e. The summed E-state index contributed by atoms with van der Waals surface area (Å²) >= 11 is 1.25. The molecule has 0 amide bonds. The molecule has 0 aliphatic carbocycles. The summed E-state index contributed by atoms with van der Waals surface area (Å²) in [6.45, 7) is 0.557. The van der Waals surface area contributed by atoms with E-state index in [9.17, 15) is 9.18 Å². The number of pyridine rings is 1. The van der Waals surface area contributed by atoms with Crippen LogP contribution in [0, 0.1) is 5.82 Å². The van der Waals surface area contributed by atoms with Crippen molar-refractivity contribution in [3.05, 3.63) is 96.1 Å². The summed E-state index contributed by atoms with van der Waals surface area (Å²) in [7, 11) is 0. The van der Waals surface area contributed by atoms with E-state index < -0.39 is 5.82 Å². The maximum atomic E-state index is 13.9. The SMILES string of the molecule is O=C(CSc1nnc(-c2ccncc2)n1Cc1ccccc1)c1ccccc1F. The highest BCUT2D eigenvalue weighted by Crippen LogP contribution is 2.25. The predicted molar refractivity (Wildman–Crippen MR) is 110 cm³/mol. The van der Waals surface area contributed by atoms with Gasteiger partial charge in [-0.25, -0.2) is 4.39 Å². The van der Waals surface area contributed by atoms with E-state index in [0.29, 0.717) is 17.5 Å². The van der Waals surface area contributed by atoms with Gasteiger partial charge in [0.1, 0.15) is 5.82 Å². The minimum atomic E-state index is -0.513. The summed E-state index contributed by atoms with van der Waals surface area (Å²) in [4.78, 5) is 16.5. The van der Waals surface area contributed by atoms with Crippen LogP contribution in [0.2, 0.25) is 0 Å². The van der Waals surface area contributed by atoms with Crippen molar-refractivity contribution >= 4 is 17.5 Å². The lowest BCUT2D eigenvalue weighted by atomic mass is 10.1. The van der Waals surface area contributed by atoms with Crippen molar-refractivity contribution in [3.63, 3.8) is 0 Å². The number of Topliss-reactive ketones (excluding diaryl/α,β-unsaturated/α-hetero) is 1. The van der Waals surface area contributed by atoms with Crippen LogP contribution in [0.1, 0.15) is 15.9 Å². The number of benzene rings is 2. The zero-order valence-electron chi connectivity index (χ0n) is 15.4. The molecule has 0 fully saturated rings. The van der Waals surface area contributed by atoms with Crippen molar-refractivity contribution in [2.75, 3.05) is 5.75 Å². The summed E-state index contributed by atoms with van der Waals surface area (Å²) < 4.78 is 15.9. The van der Waals surface area contributed by atoms with Crippen LogP contribution < -0.4 is 0 Å². The Morgan fingerprint density at radius 3 is 2.41 bits per heavy atom. The van der Waals surface area contributed by atoms with Gasteiger partial charge in [-0.15, -0.1) is 10.2 Å². The Kier molecular flexibility index (Phi) is 5.76. The third kappa shape index (κ3) is 4.41. The molecule has 0 spiro atoms. The number of hydrogen-bond donors (Lipinski definition) is 0. The summed E-state index contributed by atoms with van der Waals surface area (Å²) in [6, 6.07) is 19.7. The van der Waals surface area contributed by atoms with Crippen molar-refractivity contribution in [3.8, 4) is 11.4 Å². The number of aromatic nitrogens is 4. The van der Waals surface area contributed by atoms with Crippen LogP contribution in [-0.2, 0) is 6.54 Å². The molecule has 0 N–H and O–H groups in total. The molecule has 7 heteroatoms. The van der Waals surface area contributed by atoms with E-state index >= 15 is 0 Å². The minimum Gasteiger partial charge on any atom is -0.298 e. The lowest BCUT2D eigenvalue weighted by molar-refractivity contribution is 0.101. The first-order valence-corrected chi connectivity index (χ1v) is 9.99. The Balaban J connectivity index is 1.62.